The molecule has 0 amide bonds. The molecule has 3 heterocycles. The van der Waals surface area contributed by atoms with E-state index in [0.717, 1.165) is 49.1 Å². The number of thiophene rings is 1. The molecule has 0 bridgehead atoms. The monoisotopic (exact) mass is 508 g/mol. The van der Waals surface area contributed by atoms with Gasteiger partial charge in [0.15, 0.2) is 17.5 Å². The molecule has 3 aromatic rings. The van der Waals surface area contributed by atoms with Crippen molar-refractivity contribution in [3.05, 3.63) is 69.9 Å². The van der Waals surface area contributed by atoms with Gasteiger partial charge < -0.3 is 29.5 Å². The van der Waals surface area contributed by atoms with Crippen LogP contribution in [-0.2, 0) is 17.8 Å². The molecule has 5 rings (SSSR count). The number of esters is 1. The number of aromatic hydroxyl groups is 1. The molecule has 2 aromatic carbocycles. The standard InChI is InChI=1S/C26H28N4O5S/c1-33-25(32)19-5-6-22(31)21(14-19)28-26(27-15-20-3-2-12-36-20)30-10-8-29(9-11-30)16-18-4-7-23-24(13-18)35-17-34-23/h2-7,12-14,31H,8-11,15-17H2,1H3,(H,27,28). The Hall–Kier alpha value is -3.76. The van der Waals surface area contributed by atoms with Gasteiger partial charge in [-0.15, -0.1) is 11.3 Å². The lowest BCUT2D eigenvalue weighted by Gasteiger charge is -2.36. The van der Waals surface area contributed by atoms with Gasteiger partial charge in [-0.1, -0.05) is 12.1 Å². The number of phenolic OH excluding ortho intramolecular Hbond substituents is 1. The van der Waals surface area contributed by atoms with Crippen molar-refractivity contribution in [1.29, 1.82) is 0 Å². The first kappa shape index (κ1) is 24.0. The summed E-state index contributed by atoms with van der Waals surface area (Å²) in [4.78, 5) is 22.5. The fraction of sp³-hybridized carbons (Fsp3) is 0.308. The van der Waals surface area contributed by atoms with E-state index < -0.39 is 5.97 Å². The lowest BCUT2D eigenvalue weighted by Crippen LogP contribution is -2.50. The molecule has 1 saturated heterocycles. The van der Waals surface area contributed by atoms with Crippen LogP contribution in [0.1, 0.15) is 20.8 Å². The molecule has 2 aliphatic rings. The Kier molecular flexibility index (Phi) is 7.24. The minimum atomic E-state index is -0.466. The van der Waals surface area contributed by atoms with Crippen LogP contribution in [0.2, 0.25) is 0 Å². The van der Waals surface area contributed by atoms with Crippen LogP contribution >= 0.6 is 11.3 Å². The molecule has 2 aliphatic heterocycles. The van der Waals surface area contributed by atoms with Gasteiger partial charge >= 0.3 is 5.97 Å². The summed E-state index contributed by atoms with van der Waals surface area (Å²) in [6.45, 7) is 4.84. The Bertz CT molecular complexity index is 1240. The number of benzene rings is 2. The van der Waals surface area contributed by atoms with Crippen molar-refractivity contribution >= 4 is 29.0 Å². The van der Waals surface area contributed by atoms with Crippen molar-refractivity contribution in [3.63, 3.8) is 0 Å². The van der Waals surface area contributed by atoms with Gasteiger partial charge in [0, 0.05) is 37.6 Å². The maximum atomic E-state index is 12.0. The lowest BCUT2D eigenvalue weighted by atomic mass is 10.1. The Morgan fingerprint density at radius 2 is 1.94 bits per heavy atom. The van der Waals surface area contributed by atoms with Gasteiger partial charge in [0.1, 0.15) is 5.75 Å². The van der Waals surface area contributed by atoms with E-state index in [9.17, 15) is 9.90 Å². The summed E-state index contributed by atoms with van der Waals surface area (Å²) >= 11 is 1.65. The maximum absolute atomic E-state index is 12.0. The second-order valence-corrected chi connectivity index (χ2v) is 9.55. The van der Waals surface area contributed by atoms with Crippen molar-refractivity contribution in [3.8, 4) is 17.2 Å². The van der Waals surface area contributed by atoms with E-state index in [0.29, 0.717) is 23.8 Å². The zero-order valence-corrected chi connectivity index (χ0v) is 20.8. The van der Waals surface area contributed by atoms with E-state index >= 15 is 0 Å². The van der Waals surface area contributed by atoms with Gasteiger partial charge in [-0.05, 0) is 47.3 Å². The van der Waals surface area contributed by atoms with Crippen molar-refractivity contribution in [2.45, 2.75) is 13.1 Å². The highest BCUT2D eigenvalue weighted by molar-refractivity contribution is 7.09. The number of methoxy groups -OCH3 is 1. The van der Waals surface area contributed by atoms with Gasteiger partial charge in [-0.3, -0.25) is 4.90 Å². The summed E-state index contributed by atoms with van der Waals surface area (Å²) < 4.78 is 15.7. The first-order valence-electron chi connectivity index (χ1n) is 11.7. The quantitative estimate of drug-likeness (QED) is 0.225. The third-order valence-electron chi connectivity index (χ3n) is 6.14. The molecule has 1 fully saturated rings. The van der Waals surface area contributed by atoms with Crippen LogP contribution < -0.4 is 14.8 Å². The first-order valence-corrected chi connectivity index (χ1v) is 12.6. The zero-order chi connectivity index (χ0) is 24.9. The van der Waals surface area contributed by atoms with Gasteiger partial charge in [-0.2, -0.15) is 0 Å². The molecule has 1 aromatic heterocycles. The normalized spacial score (nSPS) is 15.7. The van der Waals surface area contributed by atoms with Crippen LogP contribution in [0.25, 0.3) is 0 Å². The maximum Gasteiger partial charge on any atom is 0.337 e. The fourth-order valence-corrected chi connectivity index (χ4v) is 4.82. The molecular weight excluding hydrogens is 480 g/mol. The third-order valence-corrected chi connectivity index (χ3v) is 7.01. The number of nitrogens with one attached hydrogen (secondary N) is 1. The summed E-state index contributed by atoms with van der Waals surface area (Å²) in [6, 6.07) is 14.7. The van der Waals surface area contributed by atoms with Gasteiger partial charge in [-0.25, -0.2) is 9.79 Å². The van der Waals surface area contributed by atoms with E-state index in [4.69, 9.17) is 19.2 Å². The number of hydrogen-bond acceptors (Lipinski definition) is 8. The van der Waals surface area contributed by atoms with Crippen molar-refractivity contribution in [1.82, 2.24) is 9.80 Å². The lowest BCUT2D eigenvalue weighted by molar-refractivity contribution is 0.0600. The number of ether oxygens (including phenoxy) is 3. The molecule has 36 heavy (non-hydrogen) atoms. The summed E-state index contributed by atoms with van der Waals surface area (Å²) in [6.07, 6.45) is 0. The average molecular weight is 509 g/mol. The summed E-state index contributed by atoms with van der Waals surface area (Å²) in [5, 5.41) is 15.7. The third kappa shape index (κ3) is 5.55. The molecule has 10 heteroatoms. The highest BCUT2D eigenvalue weighted by atomic mass is 32.1. The SMILES string of the molecule is COC(=O)c1ccc(O)c(NC(=NCc2cccs2)N2CCN(Cc3ccc4c(c3)OCO4)CC2)c1. The number of phenols is 1. The Morgan fingerprint density at radius 3 is 2.72 bits per heavy atom. The highest BCUT2D eigenvalue weighted by Gasteiger charge is 2.22. The molecule has 0 radical (unpaired) electrons. The first-order chi connectivity index (χ1) is 17.6. The number of fused-ring (bicyclic) bond motifs is 1. The van der Waals surface area contributed by atoms with Crippen LogP contribution in [0, 0.1) is 0 Å². The minimum Gasteiger partial charge on any atom is -0.506 e. The molecule has 0 atom stereocenters. The molecule has 0 aliphatic carbocycles. The Balaban J connectivity index is 1.28. The van der Waals surface area contributed by atoms with Crippen molar-refractivity contribution in [2.24, 2.45) is 4.99 Å². The van der Waals surface area contributed by atoms with Gasteiger partial charge in [0.25, 0.3) is 0 Å². The largest absolute Gasteiger partial charge is 0.506 e. The number of piperazine rings is 1. The molecule has 0 saturated carbocycles. The summed E-state index contributed by atoms with van der Waals surface area (Å²) in [7, 11) is 1.33. The predicted octanol–water partition coefficient (Wildman–Crippen LogP) is 3.75. The van der Waals surface area contributed by atoms with Crippen molar-refractivity contribution in [2.75, 3.05) is 45.4 Å². The second kappa shape index (κ2) is 10.9. The number of hydrogen-bond donors (Lipinski definition) is 2. The number of rotatable bonds is 6. The van der Waals surface area contributed by atoms with E-state index in [1.807, 2.05) is 29.6 Å². The Morgan fingerprint density at radius 1 is 1.11 bits per heavy atom. The topological polar surface area (TPSA) is 95.9 Å². The molecule has 0 unspecified atom stereocenters. The van der Waals surface area contributed by atoms with Crippen LogP contribution in [0.15, 0.2) is 58.9 Å². The smallest absolute Gasteiger partial charge is 0.337 e. The van der Waals surface area contributed by atoms with E-state index in [1.165, 1.54) is 24.8 Å². The van der Waals surface area contributed by atoms with E-state index in [-0.39, 0.29) is 12.5 Å². The number of aliphatic imine (C=N–C) groups is 1. The summed E-state index contributed by atoms with van der Waals surface area (Å²) in [5.41, 5.74) is 1.94. The van der Waals surface area contributed by atoms with Crippen LogP contribution in [-0.4, -0.2) is 66.9 Å². The Labute approximate surface area is 213 Å². The molecule has 188 valence electrons. The number of guanidine groups is 1. The molecule has 9 nitrogen and oxygen atoms in total. The number of carbonyl (C=O) groups is 1. The van der Waals surface area contributed by atoms with Crippen LogP contribution in [0.5, 0.6) is 17.2 Å². The predicted molar refractivity (Wildman–Crippen MR) is 138 cm³/mol. The molecular formula is C26H28N4O5S. The zero-order valence-electron chi connectivity index (χ0n) is 20.0. The minimum absolute atomic E-state index is 0.0351. The van der Waals surface area contributed by atoms with Crippen LogP contribution in [0.3, 0.4) is 0 Å². The molecule has 0 spiro atoms. The fourth-order valence-electron chi connectivity index (χ4n) is 4.19. The second-order valence-electron chi connectivity index (χ2n) is 8.52. The van der Waals surface area contributed by atoms with Crippen LogP contribution in [0.4, 0.5) is 5.69 Å². The summed E-state index contributed by atoms with van der Waals surface area (Å²) in [5.74, 6) is 1.82. The highest BCUT2D eigenvalue weighted by Crippen LogP contribution is 2.33. The molecule has 2 N–H and O–H groups in total. The van der Waals surface area contributed by atoms with Gasteiger partial charge in [0.2, 0.25) is 6.79 Å². The van der Waals surface area contributed by atoms with Gasteiger partial charge in [0.05, 0.1) is 24.9 Å². The number of nitrogens with zero attached hydrogens (tertiary/aromatic N) is 3. The van der Waals surface area contributed by atoms with E-state index in [1.54, 1.807) is 17.4 Å². The van der Waals surface area contributed by atoms with E-state index in [2.05, 4.69) is 21.2 Å². The number of carbonyl (C=O) groups excluding carboxylic acids is 1. The van der Waals surface area contributed by atoms with Crippen molar-refractivity contribution < 1.29 is 24.1 Å². The average Bonchev–Trinajstić information content (AvgIpc) is 3.59. The number of anilines is 1.